The van der Waals surface area contributed by atoms with Gasteiger partial charge in [0.15, 0.2) is 11.6 Å². The van der Waals surface area contributed by atoms with Crippen LogP contribution < -0.4 is 10.6 Å². The van der Waals surface area contributed by atoms with E-state index in [9.17, 15) is 8.78 Å². The van der Waals surface area contributed by atoms with Crippen LogP contribution in [0.4, 0.5) is 20.2 Å². The maximum Gasteiger partial charge on any atom is 0.176 e. The van der Waals surface area contributed by atoms with Crippen molar-refractivity contribution in [3.8, 4) is 0 Å². The van der Waals surface area contributed by atoms with Crippen LogP contribution in [0.2, 0.25) is 0 Å². The molecule has 3 aromatic heterocycles. The smallest absolute Gasteiger partial charge is 0.176 e. The number of aromatic nitrogens is 2. The van der Waals surface area contributed by atoms with E-state index in [1.807, 2.05) is 11.4 Å². The first-order valence-corrected chi connectivity index (χ1v) is 10.5. The zero-order valence-corrected chi connectivity index (χ0v) is 16.1. The van der Waals surface area contributed by atoms with Crippen molar-refractivity contribution >= 4 is 54.5 Å². The minimum absolute atomic E-state index is 0.180. The maximum absolute atomic E-state index is 14.4. The summed E-state index contributed by atoms with van der Waals surface area (Å²) in [4.78, 5) is 8.97. The van der Waals surface area contributed by atoms with E-state index in [2.05, 4.69) is 20.6 Å². The molecule has 2 N–H and O–H groups in total. The second kappa shape index (κ2) is 8.24. The Morgan fingerprint density at radius 1 is 1.04 bits per heavy atom. The highest BCUT2D eigenvalue weighted by atomic mass is 32.1. The van der Waals surface area contributed by atoms with Gasteiger partial charge in [0.2, 0.25) is 0 Å². The van der Waals surface area contributed by atoms with Gasteiger partial charge in [0.25, 0.3) is 0 Å². The molecule has 0 bridgehead atoms. The van der Waals surface area contributed by atoms with Gasteiger partial charge in [0, 0.05) is 11.6 Å². The number of piperidine rings is 1. The first-order valence-electron chi connectivity index (χ1n) is 8.75. The lowest BCUT2D eigenvalue weighted by Crippen LogP contribution is -2.21. The lowest BCUT2D eigenvalue weighted by Gasteiger charge is -2.10. The fraction of sp³-hybridized carbons (Fsp3) is 0.263. The first kappa shape index (κ1) is 18.2. The van der Waals surface area contributed by atoms with E-state index in [0.29, 0.717) is 10.4 Å². The highest BCUT2D eigenvalue weighted by Gasteiger charge is 2.17. The van der Waals surface area contributed by atoms with Crippen LogP contribution in [0, 0.1) is 11.6 Å². The van der Waals surface area contributed by atoms with Gasteiger partial charge in [0.05, 0.1) is 15.9 Å². The number of hydrogen-bond donors (Lipinski definition) is 2. The zero-order valence-electron chi connectivity index (χ0n) is 14.5. The molecule has 5 rings (SSSR count). The van der Waals surface area contributed by atoms with Crippen LogP contribution in [0.25, 0.3) is 20.4 Å². The van der Waals surface area contributed by atoms with E-state index < -0.39 is 11.6 Å². The van der Waals surface area contributed by atoms with Gasteiger partial charge >= 0.3 is 0 Å². The minimum atomic E-state index is -0.675. The van der Waals surface area contributed by atoms with Crippen LogP contribution in [0.15, 0.2) is 35.3 Å². The summed E-state index contributed by atoms with van der Waals surface area (Å²) in [5.74, 6) is -1.31. The summed E-state index contributed by atoms with van der Waals surface area (Å²) in [6.07, 6.45) is 5.82. The molecule has 4 nitrogen and oxygen atoms in total. The number of hydrogen-bond acceptors (Lipinski definition) is 6. The van der Waals surface area contributed by atoms with E-state index in [4.69, 9.17) is 0 Å². The van der Waals surface area contributed by atoms with Crippen LogP contribution in [0.1, 0.15) is 19.3 Å². The number of rotatable bonds is 2. The normalized spacial score (nSPS) is 14.1. The summed E-state index contributed by atoms with van der Waals surface area (Å²) in [6, 6.07) is 4.86. The molecule has 27 heavy (non-hydrogen) atoms. The lowest BCUT2D eigenvalue weighted by molar-refractivity contribution is 0.520. The summed E-state index contributed by atoms with van der Waals surface area (Å²) < 4.78 is 29.0. The van der Waals surface area contributed by atoms with E-state index in [0.717, 1.165) is 10.2 Å². The van der Waals surface area contributed by atoms with Gasteiger partial charge in [-0.25, -0.2) is 18.7 Å². The minimum Gasteiger partial charge on any atom is -0.350 e. The number of halogens is 2. The standard InChI is InChI=1S/C14H7F2N3S2.C5H11N/c15-8-5-10-13(18-6-21-10)11(16)12(8)19-9-1-3-17-14-7(9)2-4-20-14;1-2-4-6-5-3-1/h1-6H,(H,17,19);6H,1-5H2. The molecule has 1 aliphatic rings. The molecule has 1 aliphatic heterocycles. The number of pyridine rings is 1. The second-order valence-corrected chi connectivity index (χ2v) is 7.96. The maximum atomic E-state index is 14.4. The number of nitrogens with one attached hydrogen (secondary N) is 2. The number of benzene rings is 1. The van der Waals surface area contributed by atoms with Crippen molar-refractivity contribution < 1.29 is 8.78 Å². The Hall–Kier alpha value is -2.16. The second-order valence-electron chi connectivity index (χ2n) is 6.18. The van der Waals surface area contributed by atoms with E-state index in [1.54, 1.807) is 12.3 Å². The van der Waals surface area contributed by atoms with Crippen molar-refractivity contribution in [1.82, 2.24) is 15.3 Å². The molecule has 0 atom stereocenters. The first-order chi connectivity index (χ1) is 13.2. The topological polar surface area (TPSA) is 49.8 Å². The fourth-order valence-corrected chi connectivity index (χ4v) is 4.43. The van der Waals surface area contributed by atoms with Crippen molar-refractivity contribution in [3.05, 3.63) is 46.9 Å². The van der Waals surface area contributed by atoms with Gasteiger partial charge in [0.1, 0.15) is 16.0 Å². The quantitative estimate of drug-likeness (QED) is 0.451. The largest absolute Gasteiger partial charge is 0.350 e. The molecule has 1 aromatic carbocycles. The van der Waals surface area contributed by atoms with Crippen LogP contribution in [-0.2, 0) is 0 Å². The number of fused-ring (bicyclic) bond motifs is 2. The summed E-state index contributed by atoms with van der Waals surface area (Å²) in [5, 5.41) is 8.84. The van der Waals surface area contributed by atoms with E-state index >= 15 is 0 Å². The van der Waals surface area contributed by atoms with Crippen molar-refractivity contribution in [2.45, 2.75) is 19.3 Å². The van der Waals surface area contributed by atoms with Gasteiger partial charge in [-0.15, -0.1) is 22.7 Å². The molecule has 0 spiro atoms. The molecule has 4 aromatic rings. The Balaban J connectivity index is 0.000000257. The van der Waals surface area contributed by atoms with Crippen LogP contribution in [-0.4, -0.2) is 23.1 Å². The SMILES string of the molecule is C1CCNCC1.Fc1cc2scnc2c(F)c1Nc1ccnc2sccc12. The Labute approximate surface area is 163 Å². The van der Waals surface area contributed by atoms with Crippen molar-refractivity contribution in [1.29, 1.82) is 0 Å². The van der Waals surface area contributed by atoms with Crippen molar-refractivity contribution in [3.63, 3.8) is 0 Å². The number of thiophene rings is 1. The Kier molecular flexibility index (Phi) is 5.56. The molecular formula is C19H18F2N4S2. The Morgan fingerprint density at radius 3 is 2.63 bits per heavy atom. The van der Waals surface area contributed by atoms with Gasteiger partial charge in [-0.05, 0) is 49.5 Å². The van der Waals surface area contributed by atoms with Crippen molar-refractivity contribution in [2.24, 2.45) is 0 Å². The average molecular weight is 405 g/mol. The predicted molar refractivity (Wildman–Crippen MR) is 109 cm³/mol. The van der Waals surface area contributed by atoms with Gasteiger partial charge in [-0.3, -0.25) is 0 Å². The summed E-state index contributed by atoms with van der Waals surface area (Å²) in [6.45, 7) is 2.50. The molecule has 0 radical (unpaired) electrons. The summed E-state index contributed by atoms with van der Waals surface area (Å²) >= 11 is 2.68. The van der Waals surface area contributed by atoms with Crippen LogP contribution in [0.3, 0.4) is 0 Å². The monoisotopic (exact) mass is 404 g/mol. The third kappa shape index (κ3) is 3.92. The highest BCUT2D eigenvalue weighted by Crippen LogP contribution is 2.34. The average Bonchev–Trinajstić information content (AvgIpc) is 3.36. The molecule has 1 fully saturated rings. The molecule has 8 heteroatoms. The molecule has 0 unspecified atom stereocenters. The molecule has 0 aliphatic carbocycles. The third-order valence-electron chi connectivity index (χ3n) is 4.35. The fourth-order valence-electron chi connectivity index (χ4n) is 2.97. The lowest BCUT2D eigenvalue weighted by atomic mass is 10.2. The molecule has 1 saturated heterocycles. The number of thiazole rings is 1. The third-order valence-corrected chi connectivity index (χ3v) is 5.95. The van der Waals surface area contributed by atoms with E-state index in [-0.39, 0.29) is 11.2 Å². The van der Waals surface area contributed by atoms with Gasteiger partial charge in [-0.2, -0.15) is 0 Å². The summed E-state index contributed by atoms with van der Waals surface area (Å²) in [7, 11) is 0. The zero-order chi connectivity index (χ0) is 18.6. The molecule has 0 saturated carbocycles. The van der Waals surface area contributed by atoms with Gasteiger partial charge in [-0.1, -0.05) is 6.42 Å². The number of anilines is 2. The molecule has 0 amide bonds. The summed E-state index contributed by atoms with van der Waals surface area (Å²) in [5.41, 5.74) is 2.11. The van der Waals surface area contributed by atoms with Crippen LogP contribution in [0.5, 0.6) is 0 Å². The van der Waals surface area contributed by atoms with Crippen molar-refractivity contribution in [2.75, 3.05) is 18.4 Å². The Morgan fingerprint density at radius 2 is 1.89 bits per heavy atom. The predicted octanol–water partition coefficient (Wildman–Crippen LogP) is 5.69. The highest BCUT2D eigenvalue weighted by molar-refractivity contribution is 7.17. The number of nitrogens with zero attached hydrogens (tertiary/aromatic N) is 2. The Bertz CT molecular complexity index is 1040. The molecular weight excluding hydrogens is 386 g/mol. The molecule has 140 valence electrons. The van der Waals surface area contributed by atoms with Gasteiger partial charge < -0.3 is 10.6 Å². The van der Waals surface area contributed by atoms with E-state index in [1.165, 1.54) is 66.6 Å². The van der Waals surface area contributed by atoms with Crippen LogP contribution >= 0.6 is 22.7 Å². The molecule has 4 heterocycles.